The highest BCUT2D eigenvalue weighted by atomic mass is 35.5. The molecule has 0 aliphatic heterocycles. The summed E-state index contributed by atoms with van der Waals surface area (Å²) in [6.07, 6.45) is 3.29. The highest BCUT2D eigenvalue weighted by Crippen LogP contribution is 2.28. The van der Waals surface area contributed by atoms with Gasteiger partial charge in [0.15, 0.2) is 0 Å². The first-order valence-corrected chi connectivity index (χ1v) is 8.90. The first kappa shape index (κ1) is 16.5. The molecule has 0 saturated carbocycles. The minimum Gasteiger partial charge on any atom is -0.310 e. The Hall–Kier alpha value is -0.830. The zero-order valence-electron chi connectivity index (χ0n) is 13.1. The van der Waals surface area contributed by atoms with Gasteiger partial charge in [-0.15, -0.1) is 11.3 Å². The summed E-state index contributed by atoms with van der Waals surface area (Å²) in [6.45, 7) is 7.61. The molecule has 1 N–H and O–H groups in total. The van der Waals surface area contributed by atoms with Crippen LogP contribution in [0, 0.1) is 6.92 Å². The molecule has 0 aliphatic carbocycles. The summed E-state index contributed by atoms with van der Waals surface area (Å²) in [6, 6.07) is 11.1. The summed E-state index contributed by atoms with van der Waals surface area (Å²) in [5.74, 6) is 0. The number of thiophene rings is 1. The Kier molecular flexibility index (Phi) is 6.28. The third-order valence-corrected chi connectivity index (χ3v) is 5.22. The van der Waals surface area contributed by atoms with E-state index in [-0.39, 0.29) is 0 Å². The number of aryl methyl sites for hydroxylation is 2. The van der Waals surface area contributed by atoms with E-state index in [1.807, 2.05) is 17.4 Å². The molecular weight excluding hydrogens is 298 g/mol. The summed E-state index contributed by atoms with van der Waals surface area (Å²) in [5, 5.41) is 4.50. The number of hydrogen-bond acceptors (Lipinski definition) is 2. The van der Waals surface area contributed by atoms with Gasteiger partial charge in [0.25, 0.3) is 0 Å². The van der Waals surface area contributed by atoms with E-state index in [1.165, 1.54) is 20.9 Å². The Balaban J connectivity index is 2.22. The van der Waals surface area contributed by atoms with Crippen LogP contribution in [-0.4, -0.2) is 6.54 Å². The van der Waals surface area contributed by atoms with Gasteiger partial charge in [-0.05, 0) is 61.7 Å². The Morgan fingerprint density at radius 2 is 1.90 bits per heavy atom. The second-order valence-electron chi connectivity index (χ2n) is 5.43. The van der Waals surface area contributed by atoms with Crippen LogP contribution < -0.4 is 5.32 Å². The van der Waals surface area contributed by atoms with Crippen molar-refractivity contribution in [1.82, 2.24) is 5.32 Å². The molecule has 0 saturated heterocycles. The molecule has 1 aromatic carbocycles. The fraction of sp³-hybridized carbons (Fsp3) is 0.444. The highest BCUT2D eigenvalue weighted by Gasteiger charge is 2.15. The molecule has 1 unspecified atom stereocenters. The molecule has 0 aliphatic rings. The Morgan fingerprint density at radius 1 is 1.14 bits per heavy atom. The summed E-state index contributed by atoms with van der Waals surface area (Å²) in [5.41, 5.74) is 2.63. The lowest BCUT2D eigenvalue weighted by atomic mass is 9.98. The lowest BCUT2D eigenvalue weighted by Crippen LogP contribution is -2.24. The van der Waals surface area contributed by atoms with Gasteiger partial charge in [0.2, 0.25) is 0 Å². The zero-order chi connectivity index (χ0) is 15.2. The van der Waals surface area contributed by atoms with Gasteiger partial charge >= 0.3 is 0 Å². The van der Waals surface area contributed by atoms with E-state index in [2.05, 4.69) is 50.4 Å². The summed E-state index contributed by atoms with van der Waals surface area (Å²) in [7, 11) is 0. The van der Waals surface area contributed by atoms with Crippen molar-refractivity contribution >= 4 is 22.9 Å². The maximum atomic E-state index is 6.20. The van der Waals surface area contributed by atoms with Gasteiger partial charge in [0, 0.05) is 27.2 Å². The van der Waals surface area contributed by atoms with Gasteiger partial charge in [-0.2, -0.15) is 0 Å². The molecule has 0 radical (unpaired) electrons. The Morgan fingerprint density at radius 3 is 2.57 bits per heavy atom. The van der Waals surface area contributed by atoms with Crippen LogP contribution in [0.2, 0.25) is 5.02 Å². The van der Waals surface area contributed by atoms with Gasteiger partial charge in [-0.25, -0.2) is 0 Å². The van der Waals surface area contributed by atoms with E-state index in [0.717, 1.165) is 30.8 Å². The molecule has 0 fully saturated rings. The normalized spacial score (nSPS) is 12.6. The molecule has 2 aromatic rings. The SMILES string of the molecule is CCCNC(Cc1ccc(CC)s1)c1cc(Cl)ccc1C. The number of halogens is 1. The average molecular weight is 322 g/mol. The predicted molar refractivity (Wildman–Crippen MR) is 94.6 cm³/mol. The predicted octanol–water partition coefficient (Wildman–Crippen LogP) is 5.56. The third kappa shape index (κ3) is 4.57. The lowest BCUT2D eigenvalue weighted by molar-refractivity contribution is 0.530. The smallest absolute Gasteiger partial charge is 0.0409 e. The standard InChI is InChI=1S/C18H24ClNS/c1-4-10-20-18(12-16-9-8-15(5-2)21-16)17-11-14(19)7-6-13(17)3/h6-9,11,18,20H,4-5,10,12H2,1-3H3. The first-order valence-electron chi connectivity index (χ1n) is 7.71. The fourth-order valence-corrected chi connectivity index (χ4v) is 3.70. The van der Waals surface area contributed by atoms with Crippen molar-refractivity contribution in [2.45, 2.75) is 46.1 Å². The minimum atomic E-state index is 0.340. The van der Waals surface area contributed by atoms with Crippen molar-refractivity contribution < 1.29 is 0 Å². The molecule has 0 amide bonds. The van der Waals surface area contributed by atoms with E-state index in [1.54, 1.807) is 0 Å². The number of hydrogen-bond donors (Lipinski definition) is 1. The second kappa shape index (κ2) is 7.98. The van der Waals surface area contributed by atoms with Crippen LogP contribution in [-0.2, 0) is 12.8 Å². The van der Waals surface area contributed by atoms with Gasteiger partial charge in [0.1, 0.15) is 0 Å². The highest BCUT2D eigenvalue weighted by molar-refractivity contribution is 7.11. The molecule has 114 valence electrons. The molecule has 1 atom stereocenters. The van der Waals surface area contributed by atoms with Crippen molar-refractivity contribution in [2.75, 3.05) is 6.54 Å². The maximum Gasteiger partial charge on any atom is 0.0409 e. The monoisotopic (exact) mass is 321 g/mol. The largest absolute Gasteiger partial charge is 0.310 e. The quantitative estimate of drug-likeness (QED) is 0.704. The van der Waals surface area contributed by atoms with Crippen molar-refractivity contribution in [2.24, 2.45) is 0 Å². The van der Waals surface area contributed by atoms with Crippen LogP contribution in [0.5, 0.6) is 0 Å². The number of benzene rings is 1. The first-order chi connectivity index (χ1) is 10.1. The molecule has 1 heterocycles. The van der Waals surface area contributed by atoms with Crippen molar-refractivity contribution in [1.29, 1.82) is 0 Å². The van der Waals surface area contributed by atoms with Crippen molar-refractivity contribution in [3.63, 3.8) is 0 Å². The fourth-order valence-electron chi connectivity index (χ4n) is 2.52. The van der Waals surface area contributed by atoms with Crippen LogP contribution in [0.3, 0.4) is 0 Å². The van der Waals surface area contributed by atoms with E-state index in [0.29, 0.717) is 6.04 Å². The molecule has 1 nitrogen and oxygen atoms in total. The zero-order valence-corrected chi connectivity index (χ0v) is 14.7. The van der Waals surface area contributed by atoms with E-state index in [9.17, 15) is 0 Å². The second-order valence-corrected chi connectivity index (χ2v) is 7.12. The Labute approximate surface area is 137 Å². The van der Waals surface area contributed by atoms with Crippen molar-refractivity contribution in [3.8, 4) is 0 Å². The van der Waals surface area contributed by atoms with Gasteiger partial charge < -0.3 is 5.32 Å². The minimum absolute atomic E-state index is 0.340. The summed E-state index contributed by atoms with van der Waals surface area (Å²) in [4.78, 5) is 2.90. The molecule has 1 aromatic heterocycles. The van der Waals surface area contributed by atoms with Crippen LogP contribution in [0.25, 0.3) is 0 Å². The molecule has 0 bridgehead atoms. The van der Waals surface area contributed by atoms with E-state index < -0.39 is 0 Å². The third-order valence-electron chi connectivity index (χ3n) is 3.73. The summed E-state index contributed by atoms with van der Waals surface area (Å²) >= 11 is 8.13. The van der Waals surface area contributed by atoms with Crippen LogP contribution in [0.4, 0.5) is 0 Å². The summed E-state index contributed by atoms with van der Waals surface area (Å²) < 4.78 is 0. The van der Waals surface area contributed by atoms with Gasteiger partial charge in [0.05, 0.1) is 0 Å². The lowest BCUT2D eigenvalue weighted by Gasteiger charge is -2.21. The number of nitrogens with one attached hydrogen (secondary N) is 1. The van der Waals surface area contributed by atoms with Gasteiger partial charge in [-0.3, -0.25) is 0 Å². The topological polar surface area (TPSA) is 12.0 Å². The maximum absolute atomic E-state index is 6.20. The van der Waals surface area contributed by atoms with Crippen LogP contribution in [0.1, 0.15) is 47.2 Å². The van der Waals surface area contributed by atoms with Gasteiger partial charge in [-0.1, -0.05) is 31.5 Å². The van der Waals surface area contributed by atoms with Crippen LogP contribution in [0.15, 0.2) is 30.3 Å². The van der Waals surface area contributed by atoms with E-state index in [4.69, 9.17) is 11.6 Å². The average Bonchev–Trinajstić information content (AvgIpc) is 2.94. The Bertz CT molecular complexity index is 576. The number of rotatable bonds is 7. The molecular formula is C18H24ClNS. The molecule has 21 heavy (non-hydrogen) atoms. The van der Waals surface area contributed by atoms with E-state index >= 15 is 0 Å². The van der Waals surface area contributed by atoms with Crippen molar-refractivity contribution in [3.05, 3.63) is 56.2 Å². The van der Waals surface area contributed by atoms with Crippen LogP contribution >= 0.6 is 22.9 Å². The molecule has 3 heteroatoms. The molecule has 2 rings (SSSR count). The molecule has 0 spiro atoms.